The number of morpholine rings is 1. The lowest BCUT2D eigenvalue weighted by Gasteiger charge is -2.38. The van der Waals surface area contributed by atoms with E-state index >= 15 is 0 Å². The highest BCUT2D eigenvalue weighted by Gasteiger charge is 2.29. The van der Waals surface area contributed by atoms with E-state index in [4.69, 9.17) is 30.9 Å². The average Bonchev–Trinajstić information content (AvgIpc) is 3.72. The summed E-state index contributed by atoms with van der Waals surface area (Å²) in [4.78, 5) is 11.7. The Morgan fingerprint density at radius 3 is 2.52 bits per heavy atom. The molecule has 2 N–H and O–H groups in total. The van der Waals surface area contributed by atoms with Crippen molar-refractivity contribution in [2.75, 3.05) is 38.2 Å². The maximum absolute atomic E-state index is 10.3. The van der Waals surface area contributed by atoms with Crippen molar-refractivity contribution in [2.24, 2.45) is 0 Å². The fraction of sp³-hybridized carbons (Fsp3) is 0.548. The van der Waals surface area contributed by atoms with Gasteiger partial charge in [0.05, 0.1) is 42.6 Å². The average molecular weight is 653 g/mol. The molecule has 15 heteroatoms. The van der Waals surface area contributed by atoms with Crippen LogP contribution < -0.4 is 14.8 Å². The molecule has 1 aliphatic carbocycles. The van der Waals surface area contributed by atoms with Gasteiger partial charge in [0.1, 0.15) is 30.5 Å². The number of tetrazole rings is 1. The Balaban J connectivity index is 1.13. The minimum absolute atomic E-state index is 0.0948. The number of hydrogen-bond acceptors (Lipinski definition) is 12. The summed E-state index contributed by atoms with van der Waals surface area (Å²) in [6.45, 7) is 9.55. The number of benzene rings is 1. The SMILES string of the molecule is C[C@@H](Cn1cnnn1)Oc1cc(-c2cnc(Nc3cn(C4CCC(N5CCOCC5)CC4)nc3OCC(C)(C)O)nc2)ccc1Cl. The second-order valence-electron chi connectivity index (χ2n) is 12.6. The zero-order valence-electron chi connectivity index (χ0n) is 26.4. The van der Waals surface area contributed by atoms with E-state index in [1.165, 1.54) is 6.33 Å². The first-order chi connectivity index (χ1) is 22.2. The Labute approximate surface area is 273 Å². The maximum Gasteiger partial charge on any atom is 0.257 e. The molecule has 0 radical (unpaired) electrons. The van der Waals surface area contributed by atoms with Crippen LogP contribution in [0.4, 0.5) is 11.6 Å². The Morgan fingerprint density at radius 1 is 1.09 bits per heavy atom. The lowest BCUT2D eigenvalue weighted by atomic mass is 9.90. The number of rotatable bonds is 12. The van der Waals surface area contributed by atoms with E-state index in [2.05, 4.69) is 35.7 Å². The number of anilines is 2. The van der Waals surface area contributed by atoms with Gasteiger partial charge >= 0.3 is 0 Å². The second kappa shape index (κ2) is 14.3. The van der Waals surface area contributed by atoms with Crippen molar-refractivity contribution in [1.29, 1.82) is 0 Å². The summed E-state index contributed by atoms with van der Waals surface area (Å²) < 4.78 is 21.2. The van der Waals surface area contributed by atoms with Crippen molar-refractivity contribution in [3.63, 3.8) is 0 Å². The molecule has 3 aromatic heterocycles. The van der Waals surface area contributed by atoms with Crippen LogP contribution in [-0.4, -0.2) is 101 Å². The Kier molecular flexibility index (Phi) is 9.97. The lowest BCUT2D eigenvalue weighted by Crippen LogP contribution is -2.45. The van der Waals surface area contributed by atoms with Gasteiger partial charge < -0.3 is 24.6 Å². The van der Waals surface area contributed by atoms with E-state index in [9.17, 15) is 5.11 Å². The molecule has 1 aliphatic heterocycles. The summed E-state index contributed by atoms with van der Waals surface area (Å²) in [5, 5.41) is 30.1. The second-order valence-corrected chi connectivity index (χ2v) is 13.0. The fourth-order valence-corrected chi connectivity index (χ4v) is 6.01. The van der Waals surface area contributed by atoms with Crippen LogP contribution in [-0.2, 0) is 11.3 Å². The number of nitrogens with one attached hydrogen (secondary N) is 1. The van der Waals surface area contributed by atoms with Crippen molar-refractivity contribution < 1.29 is 19.3 Å². The number of nitrogens with zero attached hydrogens (tertiary/aromatic N) is 9. The molecular weight excluding hydrogens is 612 g/mol. The van der Waals surface area contributed by atoms with Crippen LogP contribution in [0.5, 0.6) is 11.6 Å². The standard InChI is InChI=1S/C31H41ClN10O4/c1-21(17-41-20-35-38-39-41)46-28-14-22(4-9-26(28)32)23-15-33-30(34-16-23)36-27-18-42(37-29(27)45-19-31(2,3)43)25-7-5-24(6-8-25)40-10-12-44-13-11-40/h4,9,14-16,18,20-21,24-25,43H,5-8,10-13,17,19H2,1-3H3,(H,33,34,36)/t21-,24?,25?/m0/s1. The van der Waals surface area contributed by atoms with Crippen LogP contribution >= 0.6 is 11.6 Å². The fourth-order valence-electron chi connectivity index (χ4n) is 5.85. The van der Waals surface area contributed by atoms with Gasteiger partial charge in [-0.25, -0.2) is 14.6 Å². The van der Waals surface area contributed by atoms with Gasteiger partial charge in [-0.15, -0.1) is 10.2 Å². The van der Waals surface area contributed by atoms with Gasteiger partial charge in [0.25, 0.3) is 5.88 Å². The molecule has 1 saturated heterocycles. The van der Waals surface area contributed by atoms with E-state index in [1.807, 2.05) is 29.9 Å². The van der Waals surface area contributed by atoms with Crippen molar-refractivity contribution in [3.05, 3.63) is 48.1 Å². The van der Waals surface area contributed by atoms with E-state index < -0.39 is 5.60 Å². The predicted molar refractivity (Wildman–Crippen MR) is 171 cm³/mol. The van der Waals surface area contributed by atoms with Crippen molar-refractivity contribution in [1.82, 2.24) is 44.9 Å². The van der Waals surface area contributed by atoms with Crippen molar-refractivity contribution >= 4 is 23.2 Å². The number of halogens is 1. The smallest absolute Gasteiger partial charge is 0.257 e. The Hall–Kier alpha value is -3.85. The van der Waals surface area contributed by atoms with Crippen LogP contribution in [0.3, 0.4) is 0 Å². The summed E-state index contributed by atoms with van der Waals surface area (Å²) in [5.74, 6) is 1.34. The van der Waals surface area contributed by atoms with E-state index in [0.717, 1.165) is 63.1 Å². The van der Waals surface area contributed by atoms with E-state index in [0.29, 0.717) is 40.9 Å². The molecule has 0 unspecified atom stereocenters. The minimum Gasteiger partial charge on any atom is -0.487 e. The summed E-state index contributed by atoms with van der Waals surface area (Å²) >= 11 is 6.44. The van der Waals surface area contributed by atoms with Gasteiger partial charge in [-0.2, -0.15) is 0 Å². The Morgan fingerprint density at radius 2 is 1.83 bits per heavy atom. The molecule has 4 aromatic rings. The molecule has 2 aliphatic rings. The highest BCUT2D eigenvalue weighted by molar-refractivity contribution is 6.32. The normalized spacial score (nSPS) is 19.9. The third kappa shape index (κ3) is 8.29. The van der Waals surface area contributed by atoms with Gasteiger partial charge in [-0.1, -0.05) is 17.7 Å². The first-order valence-electron chi connectivity index (χ1n) is 15.7. The largest absolute Gasteiger partial charge is 0.487 e. The first-order valence-corrected chi connectivity index (χ1v) is 16.1. The zero-order valence-corrected chi connectivity index (χ0v) is 27.2. The molecule has 0 amide bonds. The monoisotopic (exact) mass is 652 g/mol. The molecule has 1 aromatic carbocycles. The molecule has 0 spiro atoms. The van der Waals surface area contributed by atoms with Gasteiger partial charge in [0.2, 0.25) is 5.95 Å². The van der Waals surface area contributed by atoms with Crippen LogP contribution in [0.25, 0.3) is 11.1 Å². The molecule has 1 saturated carbocycles. The number of ether oxygens (including phenoxy) is 3. The number of hydrogen-bond donors (Lipinski definition) is 2. The van der Waals surface area contributed by atoms with E-state index in [-0.39, 0.29) is 18.8 Å². The summed E-state index contributed by atoms with van der Waals surface area (Å²) in [7, 11) is 0. The summed E-state index contributed by atoms with van der Waals surface area (Å²) in [5.41, 5.74) is 1.29. The summed E-state index contributed by atoms with van der Waals surface area (Å²) in [6, 6.07) is 6.41. The third-order valence-corrected chi connectivity index (χ3v) is 8.50. The number of aromatic nitrogens is 8. The van der Waals surface area contributed by atoms with Crippen LogP contribution in [0.1, 0.15) is 52.5 Å². The quantitative estimate of drug-likeness (QED) is 0.226. The van der Waals surface area contributed by atoms with Crippen molar-refractivity contribution in [3.8, 4) is 22.8 Å². The van der Waals surface area contributed by atoms with Gasteiger partial charge in [0, 0.05) is 37.1 Å². The minimum atomic E-state index is -1.01. The highest BCUT2D eigenvalue weighted by Crippen LogP contribution is 2.35. The van der Waals surface area contributed by atoms with Crippen LogP contribution in [0.15, 0.2) is 43.1 Å². The van der Waals surface area contributed by atoms with Crippen LogP contribution in [0.2, 0.25) is 5.02 Å². The lowest BCUT2D eigenvalue weighted by molar-refractivity contribution is 0.00492. The molecule has 4 heterocycles. The number of aliphatic hydroxyl groups is 1. The topological polar surface area (TPSA) is 150 Å². The molecule has 2 fully saturated rings. The molecule has 246 valence electrons. The maximum atomic E-state index is 10.3. The molecule has 0 bridgehead atoms. The predicted octanol–water partition coefficient (Wildman–Crippen LogP) is 4.16. The molecular formula is C31H41ClN10O4. The molecule has 46 heavy (non-hydrogen) atoms. The third-order valence-electron chi connectivity index (χ3n) is 8.19. The summed E-state index contributed by atoms with van der Waals surface area (Å²) in [6.07, 6.45) is 11.0. The van der Waals surface area contributed by atoms with E-state index in [1.54, 1.807) is 37.0 Å². The van der Waals surface area contributed by atoms with Crippen LogP contribution in [0, 0.1) is 0 Å². The highest BCUT2D eigenvalue weighted by atomic mass is 35.5. The molecule has 6 rings (SSSR count). The Bertz CT molecular complexity index is 1550. The van der Waals surface area contributed by atoms with Gasteiger partial charge in [-0.05, 0) is 74.6 Å². The first kappa shape index (κ1) is 32.1. The van der Waals surface area contributed by atoms with Gasteiger partial charge in [-0.3, -0.25) is 9.58 Å². The molecule has 1 atom stereocenters. The molecule has 14 nitrogen and oxygen atoms in total. The zero-order chi connectivity index (χ0) is 32.1. The van der Waals surface area contributed by atoms with Gasteiger partial charge in [0.15, 0.2) is 0 Å². The van der Waals surface area contributed by atoms with Crippen molar-refractivity contribution in [2.45, 2.75) is 76.8 Å².